The topological polar surface area (TPSA) is 89.5 Å². The Morgan fingerprint density at radius 2 is 1.31 bits per heavy atom. The monoisotopic (exact) mass is 450 g/mol. The molecule has 0 radical (unpaired) electrons. The van der Waals surface area contributed by atoms with Crippen molar-refractivity contribution in [3.63, 3.8) is 0 Å². The zero-order valence-electron chi connectivity index (χ0n) is 19.2. The van der Waals surface area contributed by atoms with Crippen LogP contribution in [0, 0.1) is 0 Å². The Morgan fingerprint density at radius 3 is 1.69 bits per heavy atom. The van der Waals surface area contributed by atoms with E-state index in [0.29, 0.717) is 17.8 Å². The van der Waals surface area contributed by atoms with Gasteiger partial charge in [0.15, 0.2) is 14.5 Å². The molecule has 0 aliphatic carbocycles. The first-order valence-electron chi connectivity index (χ1n) is 9.35. The van der Waals surface area contributed by atoms with Gasteiger partial charge in [0.05, 0.1) is 6.61 Å². The smallest absolute Gasteiger partial charge is 0.462 e. The van der Waals surface area contributed by atoms with Gasteiger partial charge in [0.2, 0.25) is 0 Å². The molecule has 0 aliphatic rings. The van der Waals surface area contributed by atoms with Crippen molar-refractivity contribution >= 4 is 29.1 Å². The van der Waals surface area contributed by atoms with E-state index >= 15 is 0 Å². The average Bonchev–Trinajstić information content (AvgIpc) is 2.66. The second-order valence-corrected chi connectivity index (χ2v) is 14.1. The highest BCUT2D eigenvalue weighted by Gasteiger charge is 2.40. The molecule has 0 amide bonds. The van der Waals surface area contributed by atoms with Crippen molar-refractivity contribution in [3.8, 4) is 0 Å². The highest BCUT2D eigenvalue weighted by molar-refractivity contribution is 6.71. The number of rotatable bonds is 13. The zero-order chi connectivity index (χ0) is 23.1. The molecule has 0 spiro atoms. The lowest BCUT2D eigenvalue weighted by Crippen LogP contribution is -2.48. The number of hydrogen-bond donors (Lipinski definition) is 0. The maximum absolute atomic E-state index is 11.1. The van der Waals surface area contributed by atoms with Crippen LogP contribution in [0.5, 0.6) is 0 Å². The SMILES string of the molecule is C=C(C)C(=O)OCCC[Si](C)(C)OCC.C=C(C)C(=O)OC[Si](OC)(OC)OC. The van der Waals surface area contributed by atoms with E-state index < -0.39 is 23.1 Å². The third kappa shape index (κ3) is 14.3. The van der Waals surface area contributed by atoms with Crippen molar-refractivity contribution in [2.75, 3.05) is 40.8 Å². The molecule has 0 aromatic carbocycles. The summed E-state index contributed by atoms with van der Waals surface area (Å²) >= 11 is 0. The number of esters is 2. The second kappa shape index (κ2) is 15.5. The lowest BCUT2D eigenvalue weighted by Gasteiger charge is -2.23. The van der Waals surface area contributed by atoms with Crippen molar-refractivity contribution in [2.45, 2.75) is 46.3 Å². The number of hydrogen-bond acceptors (Lipinski definition) is 8. The van der Waals surface area contributed by atoms with Gasteiger partial charge in [-0.05, 0) is 46.3 Å². The zero-order valence-corrected chi connectivity index (χ0v) is 21.2. The van der Waals surface area contributed by atoms with Gasteiger partial charge in [-0.25, -0.2) is 9.59 Å². The normalized spacial score (nSPS) is 11.2. The minimum absolute atomic E-state index is 0.0117. The molecule has 0 aliphatic heterocycles. The standard InChI is InChI=1S/C11H22O3Si.C8H16O5Si/c1-6-14-15(4,5)9-7-8-13-11(12)10(2)3;1-7(2)8(9)13-6-14(10-3,11-4)12-5/h2,6-9H2,1,3-5H3;1,6H2,2-5H3. The summed E-state index contributed by atoms with van der Waals surface area (Å²) in [6.45, 7) is 17.8. The molecular formula is C19H38O8Si2. The van der Waals surface area contributed by atoms with Crippen LogP contribution in [0.4, 0.5) is 0 Å². The lowest BCUT2D eigenvalue weighted by atomic mass is 10.4. The molecule has 0 atom stereocenters. The predicted octanol–water partition coefficient (Wildman–Crippen LogP) is 3.26. The van der Waals surface area contributed by atoms with Crippen LogP contribution >= 0.6 is 0 Å². The van der Waals surface area contributed by atoms with E-state index in [2.05, 4.69) is 26.3 Å². The summed E-state index contributed by atoms with van der Waals surface area (Å²) in [5.74, 6) is -0.779. The molecule has 0 aromatic heterocycles. The Bertz CT molecular complexity index is 522. The molecule has 0 aromatic rings. The second-order valence-electron chi connectivity index (χ2n) is 6.86. The average molecular weight is 451 g/mol. The largest absolute Gasteiger partial charge is 0.539 e. The first kappa shape index (κ1) is 29.9. The third-order valence-electron chi connectivity index (χ3n) is 3.70. The molecule has 0 heterocycles. The van der Waals surface area contributed by atoms with Gasteiger partial charge in [-0.1, -0.05) is 13.2 Å². The molecule has 0 saturated heterocycles. The summed E-state index contributed by atoms with van der Waals surface area (Å²) in [4.78, 5) is 22.1. The van der Waals surface area contributed by atoms with E-state index in [0.717, 1.165) is 19.1 Å². The van der Waals surface area contributed by atoms with Crippen molar-refractivity contribution in [3.05, 3.63) is 24.3 Å². The molecule has 0 N–H and O–H groups in total. The van der Waals surface area contributed by atoms with Crippen molar-refractivity contribution in [2.24, 2.45) is 0 Å². The van der Waals surface area contributed by atoms with Gasteiger partial charge in [0, 0.05) is 39.1 Å². The predicted molar refractivity (Wildman–Crippen MR) is 117 cm³/mol. The Labute approximate surface area is 177 Å². The molecule has 0 fully saturated rings. The first-order chi connectivity index (χ1) is 13.4. The van der Waals surface area contributed by atoms with Gasteiger partial charge in [0.25, 0.3) is 0 Å². The molecule has 10 heteroatoms. The molecule has 29 heavy (non-hydrogen) atoms. The van der Waals surface area contributed by atoms with E-state index in [1.54, 1.807) is 13.8 Å². The van der Waals surface area contributed by atoms with E-state index in [-0.39, 0.29) is 12.2 Å². The maximum Gasteiger partial charge on any atom is 0.539 e. The Hall–Kier alpha value is -1.31. The number of carbonyl (C=O) groups is 2. The number of ether oxygens (including phenoxy) is 2. The van der Waals surface area contributed by atoms with E-state index in [1.165, 1.54) is 21.3 Å². The fourth-order valence-corrected chi connectivity index (χ4v) is 5.04. The fourth-order valence-electron chi connectivity index (χ4n) is 1.95. The molecule has 8 nitrogen and oxygen atoms in total. The van der Waals surface area contributed by atoms with Crippen LogP contribution in [-0.4, -0.2) is 69.8 Å². The lowest BCUT2D eigenvalue weighted by molar-refractivity contribution is -0.139. The highest BCUT2D eigenvalue weighted by atomic mass is 28.4. The van der Waals surface area contributed by atoms with Gasteiger partial charge >= 0.3 is 20.7 Å². The van der Waals surface area contributed by atoms with E-state index in [1.807, 2.05) is 6.92 Å². The van der Waals surface area contributed by atoms with Crippen LogP contribution in [0.25, 0.3) is 0 Å². The van der Waals surface area contributed by atoms with Crippen LogP contribution in [0.2, 0.25) is 19.1 Å². The fraction of sp³-hybridized carbons (Fsp3) is 0.684. The molecule has 0 unspecified atom stereocenters. The minimum Gasteiger partial charge on any atom is -0.462 e. The minimum atomic E-state index is -2.81. The Balaban J connectivity index is 0. The molecule has 0 rings (SSSR count). The van der Waals surface area contributed by atoms with Gasteiger partial charge in [0.1, 0.15) is 0 Å². The maximum atomic E-state index is 11.1. The van der Waals surface area contributed by atoms with Crippen molar-refractivity contribution in [1.29, 1.82) is 0 Å². The van der Waals surface area contributed by atoms with Crippen LogP contribution in [0.15, 0.2) is 24.3 Å². The summed E-state index contributed by atoms with van der Waals surface area (Å²) in [5, 5.41) is 0. The van der Waals surface area contributed by atoms with E-state index in [9.17, 15) is 9.59 Å². The van der Waals surface area contributed by atoms with Crippen LogP contribution in [0.3, 0.4) is 0 Å². The van der Waals surface area contributed by atoms with Gasteiger partial charge in [-0.2, -0.15) is 0 Å². The molecular weight excluding hydrogens is 412 g/mol. The molecule has 0 saturated carbocycles. The Kier molecular flexibility index (Phi) is 16.0. The van der Waals surface area contributed by atoms with Gasteiger partial charge in [-0.3, -0.25) is 0 Å². The van der Waals surface area contributed by atoms with Gasteiger partial charge < -0.3 is 27.2 Å². The summed E-state index contributed by atoms with van der Waals surface area (Å²) < 4.78 is 30.7. The van der Waals surface area contributed by atoms with Crippen LogP contribution < -0.4 is 0 Å². The van der Waals surface area contributed by atoms with Crippen molar-refractivity contribution < 1.29 is 36.8 Å². The van der Waals surface area contributed by atoms with Gasteiger partial charge in [-0.15, -0.1) is 0 Å². The third-order valence-corrected chi connectivity index (χ3v) is 8.69. The molecule has 170 valence electrons. The summed E-state index contributed by atoms with van der Waals surface area (Å²) in [6, 6.07) is 1.02. The van der Waals surface area contributed by atoms with Crippen molar-refractivity contribution in [1.82, 2.24) is 0 Å². The summed E-state index contributed by atoms with van der Waals surface area (Å²) in [6.07, 6.45) is 0.862. The number of carbonyl (C=O) groups excluding carboxylic acids is 2. The summed E-state index contributed by atoms with van der Waals surface area (Å²) in [5.41, 5.74) is 0.785. The van der Waals surface area contributed by atoms with E-state index in [4.69, 9.17) is 27.2 Å². The highest BCUT2D eigenvalue weighted by Crippen LogP contribution is 2.13. The van der Waals surface area contributed by atoms with Crippen LogP contribution in [0.1, 0.15) is 27.2 Å². The quantitative estimate of drug-likeness (QED) is 0.183. The first-order valence-corrected chi connectivity index (χ1v) is 14.4. The Morgan fingerprint density at radius 1 is 0.862 bits per heavy atom. The molecule has 0 bridgehead atoms. The van der Waals surface area contributed by atoms with Crippen LogP contribution in [-0.2, 0) is 36.8 Å². The summed E-state index contributed by atoms with van der Waals surface area (Å²) in [7, 11) is 0.0302.